The molecule has 2 aromatic rings. The third kappa shape index (κ3) is 3.12. The number of H-pyrrole nitrogens is 1. The summed E-state index contributed by atoms with van der Waals surface area (Å²) in [7, 11) is 0. The van der Waals surface area contributed by atoms with Crippen LogP contribution in [0.4, 0.5) is 0 Å². The summed E-state index contributed by atoms with van der Waals surface area (Å²) in [5.41, 5.74) is 0.921. The number of carbonyl (C=O) groups is 1. The van der Waals surface area contributed by atoms with Crippen molar-refractivity contribution < 1.29 is 4.79 Å². The first-order valence-corrected chi connectivity index (χ1v) is 7.88. The normalized spacial score (nSPS) is 25.8. The van der Waals surface area contributed by atoms with Gasteiger partial charge in [-0.1, -0.05) is 18.2 Å². The summed E-state index contributed by atoms with van der Waals surface area (Å²) in [5.74, 6) is -0.145. The van der Waals surface area contributed by atoms with Crippen molar-refractivity contribution in [2.75, 3.05) is 0 Å². The molecular weight excluding hydrogens is 314 g/mol. The number of halogens is 1. The zero-order valence-corrected chi connectivity index (χ0v) is 13.5. The molecule has 2 unspecified atom stereocenters. The highest BCUT2D eigenvalue weighted by molar-refractivity contribution is 6.06. The minimum absolute atomic E-state index is 0. The van der Waals surface area contributed by atoms with Crippen LogP contribution in [0.3, 0.4) is 0 Å². The predicted octanol–water partition coefficient (Wildman–Crippen LogP) is 1.96. The van der Waals surface area contributed by atoms with Crippen molar-refractivity contribution in [3.63, 3.8) is 0 Å². The van der Waals surface area contributed by atoms with E-state index in [4.69, 9.17) is 0 Å². The van der Waals surface area contributed by atoms with Crippen LogP contribution in [-0.2, 0) is 0 Å². The summed E-state index contributed by atoms with van der Waals surface area (Å²) < 4.78 is 0. The molecule has 1 amide bonds. The zero-order valence-electron chi connectivity index (χ0n) is 12.7. The Morgan fingerprint density at radius 2 is 1.83 bits per heavy atom. The Morgan fingerprint density at radius 1 is 1.13 bits per heavy atom. The molecule has 2 fully saturated rings. The van der Waals surface area contributed by atoms with E-state index in [1.165, 1.54) is 18.9 Å². The van der Waals surface area contributed by atoms with Crippen LogP contribution in [0.25, 0.3) is 10.9 Å². The van der Waals surface area contributed by atoms with E-state index in [0.29, 0.717) is 23.2 Å². The number of fused-ring (bicyclic) bond motifs is 3. The number of nitrogens with one attached hydrogen (secondary N) is 3. The lowest BCUT2D eigenvalue weighted by molar-refractivity contribution is 0.0925. The average Bonchev–Trinajstić information content (AvgIpc) is 2.85. The molecule has 0 saturated carbocycles. The highest BCUT2D eigenvalue weighted by Gasteiger charge is 2.34. The van der Waals surface area contributed by atoms with E-state index in [2.05, 4.69) is 15.6 Å². The van der Waals surface area contributed by atoms with E-state index >= 15 is 0 Å². The van der Waals surface area contributed by atoms with Crippen molar-refractivity contribution in [1.82, 2.24) is 15.6 Å². The molecule has 2 bridgehead atoms. The summed E-state index contributed by atoms with van der Waals surface area (Å²) in [6, 6.07) is 10.1. The van der Waals surface area contributed by atoms with Gasteiger partial charge in [0, 0.05) is 35.1 Å². The van der Waals surface area contributed by atoms with Crippen LogP contribution in [0.5, 0.6) is 0 Å². The number of hydrogen-bond acceptors (Lipinski definition) is 3. The number of hydrogen-bond donors (Lipinski definition) is 3. The Morgan fingerprint density at radius 3 is 2.57 bits per heavy atom. The lowest BCUT2D eigenvalue weighted by Gasteiger charge is -2.29. The molecule has 1 aromatic heterocycles. The number of pyridine rings is 1. The van der Waals surface area contributed by atoms with Gasteiger partial charge >= 0.3 is 0 Å². The third-order valence-electron chi connectivity index (χ3n) is 4.80. The number of carbonyl (C=O) groups excluding carboxylic acids is 1. The van der Waals surface area contributed by atoms with E-state index < -0.39 is 0 Å². The fraction of sp³-hybridized carbons (Fsp3) is 0.412. The first-order valence-electron chi connectivity index (χ1n) is 7.88. The van der Waals surface area contributed by atoms with Crippen LogP contribution in [-0.4, -0.2) is 29.0 Å². The molecule has 0 spiro atoms. The monoisotopic (exact) mass is 333 g/mol. The van der Waals surface area contributed by atoms with Crippen molar-refractivity contribution in [1.29, 1.82) is 0 Å². The molecule has 23 heavy (non-hydrogen) atoms. The molecule has 6 heteroatoms. The summed E-state index contributed by atoms with van der Waals surface area (Å²) in [4.78, 5) is 27.2. The molecule has 2 saturated heterocycles. The first-order chi connectivity index (χ1) is 10.7. The molecule has 3 heterocycles. The smallest absolute Gasteiger partial charge is 0.252 e. The van der Waals surface area contributed by atoms with Gasteiger partial charge in [-0.25, -0.2) is 0 Å². The van der Waals surface area contributed by atoms with Gasteiger partial charge in [0.15, 0.2) is 0 Å². The van der Waals surface area contributed by atoms with E-state index in [1.54, 1.807) is 0 Å². The highest BCUT2D eigenvalue weighted by Crippen LogP contribution is 2.27. The molecular formula is C17H20ClN3O2. The lowest BCUT2D eigenvalue weighted by atomic mass is 9.99. The number of piperidine rings is 1. The van der Waals surface area contributed by atoms with Gasteiger partial charge in [-0.3, -0.25) is 9.59 Å². The van der Waals surface area contributed by atoms with Crippen LogP contribution in [0, 0.1) is 0 Å². The summed E-state index contributed by atoms with van der Waals surface area (Å²) in [6.07, 6.45) is 4.35. The SMILES string of the molecule is Cl.O=C(NC1CC2CCC(C1)N2)c1cc(=O)[nH]c2ccccc12. The molecule has 1 aromatic carbocycles. The lowest BCUT2D eigenvalue weighted by Crippen LogP contribution is -2.48. The molecule has 2 atom stereocenters. The molecule has 3 N–H and O–H groups in total. The number of benzene rings is 1. The van der Waals surface area contributed by atoms with Gasteiger partial charge in [-0.2, -0.15) is 0 Å². The Bertz CT molecular complexity index is 777. The second kappa shape index (κ2) is 6.34. The summed E-state index contributed by atoms with van der Waals surface area (Å²) in [6.45, 7) is 0. The number of aromatic nitrogens is 1. The van der Waals surface area contributed by atoms with Gasteiger partial charge in [0.25, 0.3) is 5.91 Å². The van der Waals surface area contributed by atoms with E-state index in [1.807, 2.05) is 24.3 Å². The number of rotatable bonds is 2. The zero-order chi connectivity index (χ0) is 15.1. The quantitative estimate of drug-likeness (QED) is 0.786. The fourth-order valence-corrected chi connectivity index (χ4v) is 3.83. The van der Waals surface area contributed by atoms with Gasteiger partial charge in [0.05, 0.1) is 5.56 Å². The van der Waals surface area contributed by atoms with E-state index in [9.17, 15) is 9.59 Å². The molecule has 0 aliphatic carbocycles. The van der Waals surface area contributed by atoms with Gasteiger partial charge < -0.3 is 15.6 Å². The van der Waals surface area contributed by atoms with Crippen molar-refractivity contribution in [2.24, 2.45) is 0 Å². The molecule has 2 aliphatic heterocycles. The molecule has 4 rings (SSSR count). The minimum atomic E-state index is -0.241. The number of amides is 1. The van der Waals surface area contributed by atoms with Crippen molar-refractivity contribution in [3.8, 4) is 0 Å². The second-order valence-corrected chi connectivity index (χ2v) is 6.37. The Labute approximate surface area is 140 Å². The van der Waals surface area contributed by atoms with Crippen LogP contribution in [0.2, 0.25) is 0 Å². The van der Waals surface area contributed by atoms with Gasteiger partial charge in [-0.15, -0.1) is 12.4 Å². The van der Waals surface area contributed by atoms with Crippen LogP contribution in [0.15, 0.2) is 35.1 Å². The van der Waals surface area contributed by atoms with Crippen LogP contribution in [0.1, 0.15) is 36.0 Å². The second-order valence-electron chi connectivity index (χ2n) is 6.37. The molecule has 2 aliphatic rings. The summed E-state index contributed by atoms with van der Waals surface area (Å²) in [5, 5.41) is 7.48. The van der Waals surface area contributed by atoms with Crippen LogP contribution >= 0.6 is 12.4 Å². The average molecular weight is 334 g/mol. The Balaban J connectivity index is 0.00000156. The Hall–Kier alpha value is -1.85. The number of aromatic amines is 1. The maximum atomic E-state index is 12.6. The number of para-hydroxylation sites is 1. The highest BCUT2D eigenvalue weighted by atomic mass is 35.5. The minimum Gasteiger partial charge on any atom is -0.349 e. The van der Waals surface area contributed by atoms with Gasteiger partial charge in [0.1, 0.15) is 0 Å². The fourth-order valence-electron chi connectivity index (χ4n) is 3.83. The maximum absolute atomic E-state index is 12.6. The van der Waals surface area contributed by atoms with Crippen molar-refractivity contribution >= 4 is 29.2 Å². The third-order valence-corrected chi connectivity index (χ3v) is 4.80. The summed E-state index contributed by atoms with van der Waals surface area (Å²) >= 11 is 0. The molecule has 0 radical (unpaired) electrons. The van der Waals surface area contributed by atoms with E-state index in [-0.39, 0.29) is 29.9 Å². The predicted molar refractivity (Wildman–Crippen MR) is 92.3 cm³/mol. The van der Waals surface area contributed by atoms with Gasteiger partial charge in [-0.05, 0) is 31.7 Å². The standard InChI is InChI=1S/C17H19N3O2.ClH/c21-16-9-14(13-3-1-2-4-15(13)20-16)17(22)19-12-7-10-5-6-11(8-12)18-10;/h1-4,9-12,18H,5-8H2,(H,19,22)(H,20,21);1H. The maximum Gasteiger partial charge on any atom is 0.252 e. The topological polar surface area (TPSA) is 74.0 Å². The largest absolute Gasteiger partial charge is 0.349 e. The van der Waals surface area contributed by atoms with Crippen LogP contribution < -0.4 is 16.2 Å². The Kier molecular flexibility index (Phi) is 4.41. The van der Waals surface area contributed by atoms with Crippen molar-refractivity contribution in [2.45, 2.75) is 43.8 Å². The van der Waals surface area contributed by atoms with E-state index in [0.717, 1.165) is 18.2 Å². The van der Waals surface area contributed by atoms with Crippen molar-refractivity contribution in [3.05, 3.63) is 46.2 Å². The molecule has 5 nitrogen and oxygen atoms in total. The van der Waals surface area contributed by atoms with Gasteiger partial charge in [0.2, 0.25) is 5.56 Å². The molecule has 122 valence electrons. The first kappa shape index (κ1) is 16.0.